The molecule has 0 fully saturated rings. The molecule has 2 N–H and O–H groups in total. The zero-order valence-corrected chi connectivity index (χ0v) is 10.8. The number of para-hydroxylation sites is 1. The zero-order chi connectivity index (χ0) is 13.8. The van der Waals surface area contributed by atoms with Crippen molar-refractivity contribution in [1.82, 2.24) is 4.98 Å². The van der Waals surface area contributed by atoms with Gasteiger partial charge >= 0.3 is 0 Å². The van der Waals surface area contributed by atoms with Crippen molar-refractivity contribution in [2.75, 3.05) is 5.73 Å². The predicted octanol–water partition coefficient (Wildman–Crippen LogP) is 3.38. The van der Waals surface area contributed by atoms with Gasteiger partial charge in [-0.05, 0) is 38.1 Å². The maximum atomic E-state index is 13.7. The summed E-state index contributed by atoms with van der Waals surface area (Å²) in [4.78, 5) is 4.04. The number of pyridine rings is 1. The minimum absolute atomic E-state index is 0.0375. The molecule has 100 valence electrons. The Labute approximate surface area is 111 Å². The molecule has 4 nitrogen and oxygen atoms in total. The predicted molar refractivity (Wildman–Crippen MR) is 70.9 cm³/mol. The Kier molecular flexibility index (Phi) is 3.85. The van der Waals surface area contributed by atoms with Gasteiger partial charge in [-0.3, -0.25) is 0 Å². The van der Waals surface area contributed by atoms with Crippen LogP contribution in [0.2, 0.25) is 0 Å². The first kappa shape index (κ1) is 13.1. The van der Waals surface area contributed by atoms with Gasteiger partial charge in [0.2, 0.25) is 0 Å². The maximum absolute atomic E-state index is 13.7. The largest absolute Gasteiger partial charge is 0.485 e. The first-order chi connectivity index (χ1) is 9.08. The van der Waals surface area contributed by atoms with Crippen LogP contribution in [-0.4, -0.2) is 11.1 Å². The molecule has 0 aliphatic rings. The molecule has 0 radical (unpaired) electrons. The van der Waals surface area contributed by atoms with Crippen LogP contribution in [0.25, 0.3) is 0 Å². The maximum Gasteiger partial charge on any atom is 0.262 e. The molecular weight excluding hydrogens is 247 g/mol. The van der Waals surface area contributed by atoms with Gasteiger partial charge in [-0.1, -0.05) is 6.07 Å². The SMILES string of the molecule is CC(C)Oc1cccnc1Oc1c(N)cccc1F. The van der Waals surface area contributed by atoms with Crippen molar-refractivity contribution in [1.29, 1.82) is 0 Å². The molecule has 1 aromatic heterocycles. The summed E-state index contributed by atoms with van der Waals surface area (Å²) >= 11 is 0. The molecule has 2 aromatic rings. The number of halogens is 1. The van der Waals surface area contributed by atoms with E-state index < -0.39 is 5.82 Å². The highest BCUT2D eigenvalue weighted by Gasteiger charge is 2.13. The van der Waals surface area contributed by atoms with Crippen molar-refractivity contribution in [3.8, 4) is 17.4 Å². The Bertz CT molecular complexity index is 553. The van der Waals surface area contributed by atoms with Crippen LogP contribution in [0.1, 0.15) is 13.8 Å². The molecule has 0 saturated heterocycles. The van der Waals surface area contributed by atoms with Gasteiger partial charge in [0.25, 0.3) is 5.88 Å². The first-order valence-corrected chi connectivity index (χ1v) is 5.91. The van der Waals surface area contributed by atoms with Crippen molar-refractivity contribution in [2.45, 2.75) is 20.0 Å². The van der Waals surface area contributed by atoms with Crippen molar-refractivity contribution < 1.29 is 13.9 Å². The monoisotopic (exact) mass is 262 g/mol. The molecule has 0 aliphatic heterocycles. The van der Waals surface area contributed by atoms with E-state index in [0.29, 0.717) is 5.75 Å². The second-order valence-corrected chi connectivity index (χ2v) is 4.23. The number of hydrogen-bond donors (Lipinski definition) is 1. The lowest BCUT2D eigenvalue weighted by Crippen LogP contribution is -2.07. The molecule has 0 amide bonds. The van der Waals surface area contributed by atoms with Crippen LogP contribution in [0.4, 0.5) is 10.1 Å². The lowest BCUT2D eigenvalue weighted by molar-refractivity contribution is 0.230. The molecule has 0 unspecified atom stereocenters. The quantitative estimate of drug-likeness (QED) is 0.858. The summed E-state index contributed by atoms with van der Waals surface area (Å²) in [5.41, 5.74) is 5.90. The third-order valence-corrected chi connectivity index (χ3v) is 2.30. The minimum atomic E-state index is -0.541. The molecule has 0 saturated carbocycles. The fourth-order valence-electron chi connectivity index (χ4n) is 1.53. The average molecular weight is 262 g/mol. The van der Waals surface area contributed by atoms with Gasteiger partial charge < -0.3 is 15.2 Å². The van der Waals surface area contributed by atoms with E-state index in [0.717, 1.165) is 0 Å². The average Bonchev–Trinajstić information content (AvgIpc) is 2.35. The number of nitrogens with zero attached hydrogens (tertiary/aromatic N) is 1. The van der Waals surface area contributed by atoms with Gasteiger partial charge in [-0.25, -0.2) is 9.37 Å². The number of anilines is 1. The standard InChI is InChI=1S/C14H15FN2O2/c1-9(2)18-12-7-4-8-17-14(12)19-13-10(15)5-3-6-11(13)16/h3-9H,16H2,1-2H3. The van der Waals surface area contributed by atoms with Gasteiger partial charge in [-0.2, -0.15) is 0 Å². The van der Waals surface area contributed by atoms with Gasteiger partial charge in [-0.15, -0.1) is 0 Å². The van der Waals surface area contributed by atoms with Gasteiger partial charge in [0.15, 0.2) is 17.3 Å². The molecule has 1 heterocycles. The molecule has 2 rings (SSSR count). The van der Waals surface area contributed by atoms with Crippen LogP contribution in [0, 0.1) is 5.82 Å². The van der Waals surface area contributed by atoms with E-state index in [4.69, 9.17) is 15.2 Å². The molecule has 5 heteroatoms. The molecule has 0 bridgehead atoms. The van der Waals surface area contributed by atoms with Crippen LogP contribution < -0.4 is 15.2 Å². The van der Waals surface area contributed by atoms with Crippen molar-refractivity contribution in [2.24, 2.45) is 0 Å². The topological polar surface area (TPSA) is 57.4 Å². The van der Waals surface area contributed by atoms with Gasteiger partial charge in [0, 0.05) is 6.20 Å². The number of benzene rings is 1. The smallest absolute Gasteiger partial charge is 0.262 e. The third kappa shape index (κ3) is 3.13. The van der Waals surface area contributed by atoms with Crippen LogP contribution in [-0.2, 0) is 0 Å². The Balaban J connectivity index is 2.33. The van der Waals surface area contributed by atoms with Crippen LogP contribution in [0.5, 0.6) is 17.4 Å². The highest BCUT2D eigenvalue weighted by Crippen LogP contribution is 2.34. The second kappa shape index (κ2) is 5.56. The normalized spacial score (nSPS) is 10.5. The first-order valence-electron chi connectivity index (χ1n) is 5.91. The van der Waals surface area contributed by atoms with Crippen LogP contribution in [0.15, 0.2) is 36.5 Å². The lowest BCUT2D eigenvalue weighted by Gasteiger charge is -2.14. The molecule has 0 atom stereocenters. The van der Waals surface area contributed by atoms with Crippen molar-refractivity contribution >= 4 is 5.69 Å². The number of aromatic nitrogens is 1. The second-order valence-electron chi connectivity index (χ2n) is 4.23. The molecule has 19 heavy (non-hydrogen) atoms. The van der Waals surface area contributed by atoms with E-state index in [2.05, 4.69) is 4.98 Å². The summed E-state index contributed by atoms with van der Waals surface area (Å²) in [5, 5.41) is 0. The molecular formula is C14H15FN2O2. The van der Waals surface area contributed by atoms with Crippen LogP contribution >= 0.6 is 0 Å². The van der Waals surface area contributed by atoms with Gasteiger partial charge in [0.05, 0.1) is 11.8 Å². The van der Waals surface area contributed by atoms with Crippen LogP contribution in [0.3, 0.4) is 0 Å². The fraction of sp³-hybridized carbons (Fsp3) is 0.214. The summed E-state index contributed by atoms with van der Waals surface area (Å²) in [7, 11) is 0. The summed E-state index contributed by atoms with van der Waals surface area (Å²) < 4.78 is 24.6. The Morgan fingerprint density at radius 1 is 1.21 bits per heavy atom. The highest BCUT2D eigenvalue weighted by molar-refractivity contribution is 5.54. The Morgan fingerprint density at radius 3 is 2.68 bits per heavy atom. The number of hydrogen-bond acceptors (Lipinski definition) is 4. The molecule has 0 spiro atoms. The van der Waals surface area contributed by atoms with E-state index in [-0.39, 0.29) is 23.4 Å². The number of ether oxygens (including phenoxy) is 2. The van der Waals surface area contributed by atoms with E-state index in [1.54, 1.807) is 24.4 Å². The van der Waals surface area contributed by atoms with Crippen molar-refractivity contribution in [3.63, 3.8) is 0 Å². The highest BCUT2D eigenvalue weighted by atomic mass is 19.1. The Hall–Kier alpha value is -2.30. The number of nitrogen functional groups attached to an aromatic ring is 1. The summed E-state index contributed by atoms with van der Waals surface area (Å²) in [6.07, 6.45) is 1.50. The lowest BCUT2D eigenvalue weighted by atomic mass is 10.3. The summed E-state index contributed by atoms with van der Waals surface area (Å²) in [5.74, 6) is 0.0455. The van der Waals surface area contributed by atoms with Crippen molar-refractivity contribution in [3.05, 3.63) is 42.3 Å². The zero-order valence-electron chi connectivity index (χ0n) is 10.8. The van der Waals surface area contributed by atoms with Gasteiger partial charge in [0.1, 0.15) is 0 Å². The molecule has 1 aromatic carbocycles. The summed E-state index contributed by atoms with van der Waals surface area (Å²) in [6.45, 7) is 3.77. The fourth-order valence-corrected chi connectivity index (χ4v) is 1.53. The number of nitrogens with two attached hydrogens (primary N) is 1. The minimum Gasteiger partial charge on any atom is -0.485 e. The van der Waals surface area contributed by atoms with E-state index in [1.165, 1.54) is 12.1 Å². The van der Waals surface area contributed by atoms with E-state index in [1.807, 2.05) is 13.8 Å². The molecule has 0 aliphatic carbocycles. The number of rotatable bonds is 4. The Morgan fingerprint density at radius 2 is 2.00 bits per heavy atom. The third-order valence-electron chi connectivity index (χ3n) is 2.30. The summed E-state index contributed by atoms with van der Waals surface area (Å²) in [6, 6.07) is 7.78. The van der Waals surface area contributed by atoms with E-state index >= 15 is 0 Å². The van der Waals surface area contributed by atoms with E-state index in [9.17, 15) is 4.39 Å².